The third-order valence-electron chi connectivity index (χ3n) is 1.78. The predicted octanol–water partition coefficient (Wildman–Crippen LogP) is 4.30. The molecule has 0 aromatic rings. The van der Waals surface area contributed by atoms with Gasteiger partial charge in [0.15, 0.2) is 0 Å². The summed E-state index contributed by atoms with van der Waals surface area (Å²) in [7, 11) is 0. The van der Waals surface area contributed by atoms with Crippen molar-refractivity contribution < 1.29 is 12.4 Å². The second-order valence-corrected chi connectivity index (χ2v) is 26.9. The molecule has 0 atom stereocenters. The van der Waals surface area contributed by atoms with E-state index in [1.807, 2.05) is 0 Å². The average Bonchev–Trinajstić information content (AvgIpc) is 2.01. The van der Waals surface area contributed by atoms with Gasteiger partial charge in [0.25, 0.3) is 0 Å². The van der Waals surface area contributed by atoms with E-state index in [1.54, 1.807) is 4.17 Å². The molecule has 1 rings (SSSR count). The fourth-order valence-electron chi connectivity index (χ4n) is 1.03. The summed E-state index contributed by atoms with van der Waals surface area (Å²) in [6.45, 7) is 0. The minimum atomic E-state index is -2.40. The van der Waals surface area contributed by atoms with E-state index in [-0.39, 0.29) is 0 Å². The van der Waals surface area contributed by atoms with Crippen LogP contribution in [0.3, 0.4) is 0 Å². The fraction of sp³-hybridized carbons (Fsp3) is 0.600. The summed E-state index contributed by atoms with van der Waals surface area (Å²) in [5.41, 5.74) is 12.3. The van der Waals surface area contributed by atoms with Crippen LogP contribution in [-0.4, -0.2) is 0 Å². The van der Waals surface area contributed by atoms with Gasteiger partial charge in [-0.25, -0.2) is 0 Å². The van der Waals surface area contributed by atoms with Crippen molar-refractivity contribution in [3.05, 3.63) is 22.4 Å². The predicted molar refractivity (Wildman–Crippen MR) is 51.2 cm³/mol. The Labute approximate surface area is 69.0 Å². The molecule has 0 saturated heterocycles. The zero-order chi connectivity index (χ0) is 8.81. The molecule has 0 aromatic heterocycles. The monoisotopic (exact) mass is 243 g/mol. The molecule has 0 nitrogen and oxygen atoms in total. The molecule has 0 aromatic carbocycles. The molecular formula is C10H20Rh. The average molecular weight is 243 g/mol. The number of hydrogen-bond donors (Lipinski definition) is 0. The Balaban J connectivity index is 3.11. The van der Waals surface area contributed by atoms with Gasteiger partial charge in [-0.15, -0.1) is 0 Å². The van der Waals surface area contributed by atoms with Gasteiger partial charge in [0.2, 0.25) is 0 Å². The molecule has 1 aliphatic rings. The van der Waals surface area contributed by atoms with Crippen molar-refractivity contribution in [3.63, 3.8) is 0 Å². The Bertz CT molecular complexity index is 232. The zero-order valence-electron chi connectivity index (χ0n) is 8.27. The van der Waals surface area contributed by atoms with Gasteiger partial charge in [-0.3, -0.25) is 0 Å². The summed E-state index contributed by atoms with van der Waals surface area (Å²) in [6.07, 6.45) is 7.96. The molecule has 0 bridgehead atoms. The molecule has 0 fully saturated rings. The normalized spacial score (nSPS) is 24.3. The Hall–Kier alpha value is 0.103. The van der Waals surface area contributed by atoms with Crippen molar-refractivity contribution in [2.45, 2.75) is 34.0 Å². The standard InChI is InChI=1S/C5H5.5CH3.Rh/c1-2-4-5-3-1;;;;;;/h1-3H,4H2;5*1H3;. The van der Waals surface area contributed by atoms with Crippen molar-refractivity contribution in [1.29, 1.82) is 0 Å². The van der Waals surface area contributed by atoms with Gasteiger partial charge in [-0.2, -0.15) is 0 Å². The second-order valence-electron chi connectivity index (χ2n) is 5.38. The zero-order valence-corrected chi connectivity index (χ0v) is 9.91. The Morgan fingerprint density at radius 2 is 1.64 bits per heavy atom. The van der Waals surface area contributed by atoms with Crippen LogP contribution in [-0.2, 0) is 12.4 Å². The molecule has 0 heterocycles. The first-order valence-corrected chi connectivity index (χ1v) is 12.6. The summed E-state index contributed by atoms with van der Waals surface area (Å²) in [5.74, 6) is 0. The van der Waals surface area contributed by atoms with Gasteiger partial charge in [-0.05, 0) is 0 Å². The fourth-order valence-corrected chi connectivity index (χ4v) is 4.42. The van der Waals surface area contributed by atoms with Crippen molar-refractivity contribution >= 4 is 0 Å². The van der Waals surface area contributed by atoms with Crippen LogP contribution in [0, 0.1) is 0 Å². The maximum atomic E-state index is 2.47. The summed E-state index contributed by atoms with van der Waals surface area (Å²) in [4.78, 5) is 0. The molecule has 0 amide bonds. The Kier molecular flexibility index (Phi) is 1.43. The van der Waals surface area contributed by atoms with Gasteiger partial charge in [0.1, 0.15) is 0 Å². The Morgan fingerprint density at radius 1 is 1.09 bits per heavy atom. The summed E-state index contributed by atoms with van der Waals surface area (Å²) in [5, 5.41) is 0. The molecule has 0 N–H and O–H groups in total. The first kappa shape index (κ1) is 9.19. The third kappa shape index (κ3) is 2.27. The van der Waals surface area contributed by atoms with Gasteiger partial charge in [0.05, 0.1) is 0 Å². The van der Waals surface area contributed by atoms with Gasteiger partial charge in [-0.1, -0.05) is 0 Å². The van der Waals surface area contributed by atoms with Crippen molar-refractivity contribution in [2.24, 2.45) is 0 Å². The molecule has 0 saturated carbocycles. The van der Waals surface area contributed by atoms with E-state index in [0.29, 0.717) is 0 Å². The van der Waals surface area contributed by atoms with Crippen LogP contribution >= 0.6 is 0 Å². The van der Waals surface area contributed by atoms with Crippen molar-refractivity contribution in [3.8, 4) is 0 Å². The summed E-state index contributed by atoms with van der Waals surface area (Å²) in [6, 6.07) is 0. The second kappa shape index (κ2) is 1.71. The van der Waals surface area contributed by atoms with E-state index in [2.05, 4.69) is 45.8 Å². The van der Waals surface area contributed by atoms with E-state index >= 15 is 0 Å². The van der Waals surface area contributed by atoms with Crippen LogP contribution in [0.2, 0.25) is 27.6 Å². The molecule has 1 aliphatic carbocycles. The van der Waals surface area contributed by atoms with Crippen LogP contribution in [0.1, 0.15) is 6.42 Å². The van der Waals surface area contributed by atoms with Crippen LogP contribution in [0.25, 0.3) is 0 Å². The van der Waals surface area contributed by atoms with E-state index in [9.17, 15) is 0 Å². The summed E-state index contributed by atoms with van der Waals surface area (Å²) >= 11 is -2.40. The maximum absolute atomic E-state index is 2.47. The van der Waals surface area contributed by atoms with Crippen molar-refractivity contribution in [2.75, 3.05) is 0 Å². The molecule has 11 heavy (non-hydrogen) atoms. The number of allylic oxidation sites excluding steroid dienone is 4. The molecule has 69 valence electrons. The SMILES string of the molecule is [CH3][Rh]([CH3])([CH3])([CH3])([CH3])[C]1=CC=CC1. The topological polar surface area (TPSA) is 0 Å². The van der Waals surface area contributed by atoms with Crippen LogP contribution in [0.5, 0.6) is 0 Å². The number of hydrogen-bond acceptors (Lipinski definition) is 0. The minimum absolute atomic E-state index is 1.19. The van der Waals surface area contributed by atoms with Crippen LogP contribution in [0.4, 0.5) is 0 Å². The van der Waals surface area contributed by atoms with Crippen molar-refractivity contribution in [1.82, 2.24) is 0 Å². The van der Waals surface area contributed by atoms with Crippen LogP contribution < -0.4 is 0 Å². The molecule has 0 unspecified atom stereocenters. The number of rotatable bonds is 1. The quantitative estimate of drug-likeness (QED) is 0.602. The first-order valence-electron chi connectivity index (χ1n) is 3.55. The summed E-state index contributed by atoms with van der Waals surface area (Å²) < 4.78 is 1.68. The van der Waals surface area contributed by atoms with E-state index < -0.39 is 12.4 Å². The van der Waals surface area contributed by atoms with Crippen LogP contribution in [0.15, 0.2) is 22.4 Å². The van der Waals surface area contributed by atoms with E-state index in [4.69, 9.17) is 0 Å². The first-order chi connectivity index (χ1) is 4.59. The Morgan fingerprint density at radius 3 is 1.82 bits per heavy atom. The third-order valence-corrected chi connectivity index (χ3v) is 7.65. The van der Waals surface area contributed by atoms with E-state index in [0.717, 1.165) is 0 Å². The van der Waals surface area contributed by atoms with Gasteiger partial charge in [0, 0.05) is 0 Å². The van der Waals surface area contributed by atoms with Gasteiger partial charge >= 0.3 is 68.8 Å². The molecule has 0 aliphatic heterocycles. The molecule has 0 spiro atoms. The van der Waals surface area contributed by atoms with Gasteiger partial charge < -0.3 is 0 Å². The molecule has 0 radical (unpaired) electrons. The van der Waals surface area contributed by atoms with E-state index in [1.165, 1.54) is 6.42 Å². The molecular weight excluding hydrogens is 223 g/mol. The molecule has 1 heteroatoms.